The number of hydrogen-bond acceptors (Lipinski definition) is 2. The fraction of sp³-hybridized carbons (Fsp3) is 0. The molecule has 4 heterocycles. The van der Waals surface area contributed by atoms with E-state index in [0.717, 1.165) is 67.3 Å². The van der Waals surface area contributed by atoms with E-state index < -0.39 is 0 Å². The zero-order valence-corrected chi connectivity index (χ0v) is 25.0. The van der Waals surface area contributed by atoms with Gasteiger partial charge in [0.2, 0.25) is 0 Å². The predicted octanol–water partition coefficient (Wildman–Crippen LogP) is 10.5. The number of nitrogens with zero attached hydrogens (tertiary/aromatic N) is 4. The molecule has 9 aromatic rings. The van der Waals surface area contributed by atoms with E-state index in [9.17, 15) is 0 Å². The topological polar surface area (TPSA) is 34.6 Å². The number of aromatic nitrogens is 4. The SMILES string of the molecule is c1ccc(-c2nc3ccccn3c2-c2cccc(-c3nn4c(-c5ccccc5)cc5ccccc5c4c3-c3ccccc3)c2)cc1. The third kappa shape index (κ3) is 4.23. The zero-order valence-electron chi connectivity index (χ0n) is 25.0. The summed E-state index contributed by atoms with van der Waals surface area (Å²) in [6.07, 6.45) is 2.09. The Morgan fingerprint density at radius 1 is 0.457 bits per heavy atom. The van der Waals surface area contributed by atoms with E-state index in [1.54, 1.807) is 0 Å². The van der Waals surface area contributed by atoms with E-state index in [-0.39, 0.29) is 0 Å². The molecule has 0 aliphatic heterocycles. The van der Waals surface area contributed by atoms with E-state index in [4.69, 9.17) is 10.1 Å². The van der Waals surface area contributed by atoms with Gasteiger partial charge in [-0.25, -0.2) is 9.50 Å². The van der Waals surface area contributed by atoms with E-state index in [2.05, 4.69) is 167 Å². The van der Waals surface area contributed by atoms with Crippen LogP contribution in [0.25, 0.3) is 78.1 Å². The van der Waals surface area contributed by atoms with Gasteiger partial charge in [0.15, 0.2) is 0 Å². The second-order valence-corrected chi connectivity index (χ2v) is 11.5. The molecule has 0 aliphatic rings. The molecule has 9 rings (SSSR count). The minimum absolute atomic E-state index is 0.915. The van der Waals surface area contributed by atoms with Crippen molar-refractivity contribution in [1.29, 1.82) is 0 Å². The summed E-state index contributed by atoms with van der Waals surface area (Å²) in [4.78, 5) is 5.08. The van der Waals surface area contributed by atoms with Crippen molar-refractivity contribution < 1.29 is 0 Å². The molecule has 216 valence electrons. The lowest BCUT2D eigenvalue weighted by molar-refractivity contribution is 0.979. The van der Waals surface area contributed by atoms with Crippen LogP contribution in [0.15, 0.2) is 170 Å². The quantitative estimate of drug-likeness (QED) is 0.200. The summed E-state index contributed by atoms with van der Waals surface area (Å²) in [6, 6.07) is 57.4. The van der Waals surface area contributed by atoms with Crippen molar-refractivity contribution >= 4 is 21.9 Å². The molecule has 0 fully saturated rings. The van der Waals surface area contributed by atoms with Gasteiger partial charge < -0.3 is 0 Å². The largest absolute Gasteiger partial charge is 0.299 e. The Morgan fingerprint density at radius 3 is 1.87 bits per heavy atom. The van der Waals surface area contributed by atoms with Gasteiger partial charge in [-0.15, -0.1) is 0 Å². The van der Waals surface area contributed by atoms with Gasteiger partial charge in [0.1, 0.15) is 11.3 Å². The molecule has 4 heteroatoms. The molecule has 4 nitrogen and oxygen atoms in total. The number of rotatable bonds is 5. The summed E-state index contributed by atoms with van der Waals surface area (Å²) in [5.41, 5.74) is 12.6. The van der Waals surface area contributed by atoms with Gasteiger partial charge in [0.25, 0.3) is 0 Å². The van der Waals surface area contributed by atoms with Gasteiger partial charge >= 0.3 is 0 Å². The molecular formula is C42H28N4. The number of pyridine rings is 2. The first-order valence-corrected chi connectivity index (χ1v) is 15.5. The number of benzene rings is 5. The van der Waals surface area contributed by atoms with Crippen LogP contribution in [-0.2, 0) is 0 Å². The second kappa shape index (κ2) is 10.7. The van der Waals surface area contributed by atoms with E-state index in [1.807, 2.05) is 12.1 Å². The highest BCUT2D eigenvalue weighted by Crippen LogP contribution is 2.42. The lowest BCUT2D eigenvalue weighted by atomic mass is 9.95. The standard InChI is InChI=1S/C42H28N4/c1-4-15-29(16-5-1)36-28-32-21-10-11-24-35(32)42-38(30-17-6-2-7-18-30)39(44-46(36)42)33-22-14-23-34(27-33)41-40(31-19-8-3-9-20-31)43-37-25-12-13-26-45(37)41/h1-28H. The fourth-order valence-corrected chi connectivity index (χ4v) is 6.67. The highest BCUT2D eigenvalue weighted by molar-refractivity contribution is 6.08. The minimum atomic E-state index is 0.915. The smallest absolute Gasteiger partial charge is 0.137 e. The van der Waals surface area contributed by atoms with Crippen molar-refractivity contribution in [2.45, 2.75) is 0 Å². The lowest BCUT2D eigenvalue weighted by Gasteiger charge is -2.10. The lowest BCUT2D eigenvalue weighted by Crippen LogP contribution is -1.95. The second-order valence-electron chi connectivity index (χ2n) is 11.5. The van der Waals surface area contributed by atoms with Crippen LogP contribution < -0.4 is 0 Å². The van der Waals surface area contributed by atoms with Crippen molar-refractivity contribution in [3.05, 3.63) is 170 Å². The van der Waals surface area contributed by atoms with Crippen LogP contribution in [-0.4, -0.2) is 19.0 Å². The Hall–Kier alpha value is -6.26. The van der Waals surface area contributed by atoms with Crippen molar-refractivity contribution in [1.82, 2.24) is 19.0 Å². The number of imidazole rings is 1. The Kier molecular flexibility index (Phi) is 6.10. The van der Waals surface area contributed by atoms with Gasteiger partial charge in [0, 0.05) is 39.4 Å². The van der Waals surface area contributed by atoms with E-state index >= 15 is 0 Å². The maximum absolute atomic E-state index is 5.45. The van der Waals surface area contributed by atoms with Gasteiger partial charge in [-0.05, 0) is 35.2 Å². The maximum Gasteiger partial charge on any atom is 0.137 e. The first kappa shape index (κ1) is 26.2. The Balaban J connectivity index is 1.35. The number of hydrogen-bond donors (Lipinski definition) is 0. The molecule has 0 saturated carbocycles. The van der Waals surface area contributed by atoms with Gasteiger partial charge in [0.05, 0.1) is 22.6 Å². The van der Waals surface area contributed by atoms with Crippen LogP contribution in [0, 0.1) is 0 Å². The van der Waals surface area contributed by atoms with Crippen molar-refractivity contribution in [2.75, 3.05) is 0 Å². The molecule has 0 unspecified atom stereocenters. The molecule has 0 radical (unpaired) electrons. The minimum Gasteiger partial charge on any atom is -0.299 e. The van der Waals surface area contributed by atoms with Crippen molar-refractivity contribution in [3.8, 4) is 56.2 Å². The summed E-state index contributed by atoms with van der Waals surface area (Å²) >= 11 is 0. The van der Waals surface area contributed by atoms with Crippen LogP contribution in [0.3, 0.4) is 0 Å². The molecule has 4 aromatic heterocycles. The Labute approximate surface area is 266 Å². The molecule has 0 aliphatic carbocycles. The normalized spacial score (nSPS) is 11.5. The van der Waals surface area contributed by atoms with Gasteiger partial charge in [-0.2, -0.15) is 5.10 Å². The molecule has 0 spiro atoms. The molecular weight excluding hydrogens is 560 g/mol. The monoisotopic (exact) mass is 588 g/mol. The summed E-state index contributed by atoms with van der Waals surface area (Å²) in [6.45, 7) is 0. The fourth-order valence-electron chi connectivity index (χ4n) is 6.67. The first-order chi connectivity index (χ1) is 22.8. The van der Waals surface area contributed by atoms with Crippen LogP contribution in [0.1, 0.15) is 0 Å². The van der Waals surface area contributed by atoms with Crippen molar-refractivity contribution in [3.63, 3.8) is 0 Å². The summed E-state index contributed by atoms with van der Waals surface area (Å²) in [5, 5.41) is 7.80. The predicted molar refractivity (Wildman–Crippen MR) is 189 cm³/mol. The average Bonchev–Trinajstić information content (AvgIpc) is 3.73. The third-order valence-corrected chi connectivity index (χ3v) is 8.74. The van der Waals surface area contributed by atoms with Crippen LogP contribution >= 0.6 is 0 Å². The Bertz CT molecular complexity index is 2510. The zero-order chi connectivity index (χ0) is 30.5. The van der Waals surface area contributed by atoms with E-state index in [0.29, 0.717) is 0 Å². The molecule has 0 amide bonds. The molecule has 46 heavy (non-hydrogen) atoms. The maximum atomic E-state index is 5.45. The Morgan fingerprint density at radius 2 is 1.09 bits per heavy atom. The van der Waals surface area contributed by atoms with Gasteiger partial charge in [-0.3, -0.25) is 4.40 Å². The van der Waals surface area contributed by atoms with Crippen LogP contribution in [0.4, 0.5) is 0 Å². The first-order valence-electron chi connectivity index (χ1n) is 15.5. The summed E-state index contributed by atoms with van der Waals surface area (Å²) in [7, 11) is 0. The summed E-state index contributed by atoms with van der Waals surface area (Å²) < 4.78 is 4.33. The highest BCUT2D eigenvalue weighted by atomic mass is 15.2. The average molecular weight is 589 g/mol. The summed E-state index contributed by atoms with van der Waals surface area (Å²) in [5.74, 6) is 0. The molecule has 0 atom stereocenters. The van der Waals surface area contributed by atoms with Crippen molar-refractivity contribution in [2.24, 2.45) is 0 Å². The van der Waals surface area contributed by atoms with Crippen LogP contribution in [0.2, 0.25) is 0 Å². The van der Waals surface area contributed by atoms with Gasteiger partial charge in [-0.1, -0.05) is 140 Å². The van der Waals surface area contributed by atoms with E-state index in [1.165, 1.54) is 10.8 Å². The van der Waals surface area contributed by atoms with Crippen LogP contribution in [0.5, 0.6) is 0 Å². The molecule has 5 aromatic carbocycles. The third-order valence-electron chi connectivity index (χ3n) is 8.74. The molecule has 0 bridgehead atoms. The highest BCUT2D eigenvalue weighted by Gasteiger charge is 2.23. The molecule has 0 saturated heterocycles. The molecule has 0 N–H and O–H groups in total. The number of fused-ring (bicyclic) bond motifs is 4.